The van der Waals surface area contributed by atoms with Crippen molar-refractivity contribution in [2.24, 2.45) is 23.2 Å². The SMILES string of the molecule is CC1(C)[C@H]2CC(N3C(=O)c4ccccc4C3=O)[C@H](C=O)[C@@H]1C2. The highest BCUT2D eigenvalue weighted by Crippen LogP contribution is 2.62. The van der Waals surface area contributed by atoms with Gasteiger partial charge in [-0.3, -0.25) is 14.5 Å². The van der Waals surface area contributed by atoms with Gasteiger partial charge in [0.05, 0.1) is 17.2 Å². The van der Waals surface area contributed by atoms with Crippen LogP contribution in [0.5, 0.6) is 0 Å². The van der Waals surface area contributed by atoms with E-state index in [0.29, 0.717) is 17.0 Å². The highest BCUT2D eigenvalue weighted by Gasteiger charge is 2.60. The van der Waals surface area contributed by atoms with E-state index in [2.05, 4.69) is 13.8 Å². The van der Waals surface area contributed by atoms with E-state index in [1.165, 1.54) is 4.90 Å². The minimum Gasteiger partial charge on any atom is -0.303 e. The van der Waals surface area contributed by atoms with Crippen LogP contribution < -0.4 is 0 Å². The molecular weight excluding hydrogens is 278 g/mol. The highest BCUT2D eigenvalue weighted by atomic mass is 16.2. The van der Waals surface area contributed by atoms with Crippen LogP contribution in [0.1, 0.15) is 47.4 Å². The summed E-state index contributed by atoms with van der Waals surface area (Å²) < 4.78 is 0. The van der Waals surface area contributed by atoms with Crippen LogP contribution in [0.4, 0.5) is 0 Å². The van der Waals surface area contributed by atoms with Gasteiger partial charge >= 0.3 is 0 Å². The lowest BCUT2D eigenvalue weighted by atomic mass is 9.44. The van der Waals surface area contributed by atoms with Crippen LogP contribution in [0.2, 0.25) is 0 Å². The van der Waals surface area contributed by atoms with Gasteiger partial charge in [0.1, 0.15) is 6.29 Å². The third-order valence-electron chi connectivity index (χ3n) is 6.30. The van der Waals surface area contributed by atoms with Gasteiger partial charge in [0, 0.05) is 5.92 Å². The number of carbonyl (C=O) groups excluding carboxylic acids is 3. The molecule has 4 atom stereocenters. The smallest absolute Gasteiger partial charge is 0.261 e. The first-order valence-electron chi connectivity index (χ1n) is 7.89. The van der Waals surface area contributed by atoms with Crippen LogP contribution in [0.25, 0.3) is 0 Å². The zero-order valence-electron chi connectivity index (χ0n) is 12.8. The number of hydrogen-bond acceptors (Lipinski definition) is 3. The number of fused-ring (bicyclic) bond motifs is 3. The summed E-state index contributed by atoms with van der Waals surface area (Å²) in [5.41, 5.74) is 1.08. The minimum absolute atomic E-state index is 0.140. The summed E-state index contributed by atoms with van der Waals surface area (Å²) in [5.74, 6) is 0.0522. The monoisotopic (exact) mass is 297 g/mol. The van der Waals surface area contributed by atoms with E-state index in [-0.39, 0.29) is 35.1 Å². The van der Waals surface area contributed by atoms with E-state index in [4.69, 9.17) is 0 Å². The van der Waals surface area contributed by atoms with Gasteiger partial charge in [-0.15, -0.1) is 0 Å². The second-order valence-electron chi connectivity index (χ2n) is 7.40. The first-order chi connectivity index (χ1) is 10.5. The topological polar surface area (TPSA) is 54.5 Å². The molecule has 4 aliphatic rings. The summed E-state index contributed by atoms with van der Waals surface area (Å²) in [7, 11) is 0. The lowest BCUT2D eigenvalue weighted by Gasteiger charge is -2.62. The number of aldehydes is 1. The maximum absolute atomic E-state index is 12.6. The summed E-state index contributed by atoms with van der Waals surface area (Å²) in [5, 5.41) is 0. The van der Waals surface area contributed by atoms with Crippen molar-refractivity contribution in [2.75, 3.05) is 0 Å². The average Bonchev–Trinajstić information content (AvgIpc) is 2.78. The van der Waals surface area contributed by atoms with Gasteiger partial charge in [-0.05, 0) is 42.2 Å². The summed E-state index contributed by atoms with van der Waals surface area (Å²) in [6.07, 6.45) is 2.75. The van der Waals surface area contributed by atoms with Crippen molar-refractivity contribution in [3.8, 4) is 0 Å². The van der Waals surface area contributed by atoms with Crippen molar-refractivity contribution in [1.29, 1.82) is 0 Å². The molecule has 0 N–H and O–H groups in total. The molecule has 0 spiro atoms. The maximum Gasteiger partial charge on any atom is 0.261 e. The first-order valence-corrected chi connectivity index (χ1v) is 7.89. The van der Waals surface area contributed by atoms with E-state index in [0.717, 1.165) is 19.1 Å². The Morgan fingerprint density at radius 2 is 1.68 bits per heavy atom. The molecule has 5 rings (SSSR count). The zero-order chi connectivity index (χ0) is 15.6. The molecule has 1 aromatic carbocycles. The number of nitrogens with zero attached hydrogens (tertiary/aromatic N) is 1. The quantitative estimate of drug-likeness (QED) is 0.622. The molecule has 1 unspecified atom stereocenters. The number of hydrogen-bond donors (Lipinski definition) is 0. The Morgan fingerprint density at radius 1 is 1.09 bits per heavy atom. The third-order valence-corrected chi connectivity index (χ3v) is 6.30. The minimum atomic E-state index is -0.276. The largest absolute Gasteiger partial charge is 0.303 e. The number of carbonyl (C=O) groups is 3. The van der Waals surface area contributed by atoms with Crippen LogP contribution in [-0.2, 0) is 4.79 Å². The van der Waals surface area contributed by atoms with E-state index >= 15 is 0 Å². The Bertz CT molecular complexity index is 658. The van der Waals surface area contributed by atoms with Crippen LogP contribution >= 0.6 is 0 Å². The molecule has 0 saturated heterocycles. The Balaban J connectivity index is 1.71. The van der Waals surface area contributed by atoms with Crippen molar-refractivity contribution in [3.63, 3.8) is 0 Å². The molecule has 1 aromatic rings. The molecule has 114 valence electrons. The molecule has 4 heteroatoms. The Kier molecular flexibility index (Phi) is 2.66. The van der Waals surface area contributed by atoms with Gasteiger partial charge in [-0.2, -0.15) is 0 Å². The van der Waals surface area contributed by atoms with E-state index < -0.39 is 0 Å². The van der Waals surface area contributed by atoms with E-state index in [1.807, 2.05) is 0 Å². The molecule has 2 bridgehead atoms. The second-order valence-corrected chi connectivity index (χ2v) is 7.40. The summed E-state index contributed by atoms with van der Waals surface area (Å²) >= 11 is 0. The van der Waals surface area contributed by atoms with Gasteiger partial charge in [-0.1, -0.05) is 26.0 Å². The molecule has 2 amide bonds. The second kappa shape index (κ2) is 4.28. The van der Waals surface area contributed by atoms with Gasteiger partial charge in [-0.25, -0.2) is 0 Å². The van der Waals surface area contributed by atoms with Crippen molar-refractivity contribution < 1.29 is 14.4 Å². The third kappa shape index (κ3) is 1.50. The lowest BCUT2D eigenvalue weighted by Crippen LogP contribution is -2.62. The van der Waals surface area contributed by atoms with Gasteiger partial charge < -0.3 is 4.79 Å². The predicted molar refractivity (Wildman–Crippen MR) is 80.3 cm³/mol. The summed E-state index contributed by atoms with van der Waals surface area (Å²) in [6, 6.07) is 6.65. The summed E-state index contributed by atoms with van der Waals surface area (Å²) in [4.78, 5) is 38.3. The molecule has 0 radical (unpaired) electrons. The number of amides is 2. The zero-order valence-corrected chi connectivity index (χ0v) is 12.8. The molecule has 1 aliphatic heterocycles. The molecule has 1 heterocycles. The molecular formula is C18H19NO3. The standard InChI is InChI=1S/C18H19NO3/c1-18(2)10-7-14(18)13(9-20)15(8-10)19-16(21)11-5-3-4-6-12(11)17(19)22/h3-6,9-10,13-15H,7-8H2,1-2H3/t10-,13-,14+,15?/m1/s1. The van der Waals surface area contributed by atoms with Crippen molar-refractivity contribution in [1.82, 2.24) is 4.90 Å². The molecule has 4 nitrogen and oxygen atoms in total. The van der Waals surface area contributed by atoms with Crippen LogP contribution in [-0.4, -0.2) is 29.0 Å². The van der Waals surface area contributed by atoms with Gasteiger partial charge in [0.2, 0.25) is 0 Å². The molecule has 3 fully saturated rings. The predicted octanol–water partition coefficient (Wildman–Crippen LogP) is 2.53. The average molecular weight is 297 g/mol. The lowest BCUT2D eigenvalue weighted by molar-refractivity contribution is -0.147. The highest BCUT2D eigenvalue weighted by molar-refractivity contribution is 6.21. The molecule has 3 saturated carbocycles. The Morgan fingerprint density at radius 3 is 2.18 bits per heavy atom. The van der Waals surface area contributed by atoms with Gasteiger partial charge in [0.15, 0.2) is 0 Å². The Labute approximate surface area is 129 Å². The van der Waals surface area contributed by atoms with Crippen molar-refractivity contribution >= 4 is 18.1 Å². The fourth-order valence-corrected chi connectivity index (χ4v) is 4.80. The van der Waals surface area contributed by atoms with E-state index in [9.17, 15) is 14.4 Å². The molecule has 0 aromatic heterocycles. The Hall–Kier alpha value is -1.97. The van der Waals surface area contributed by atoms with Crippen molar-refractivity contribution in [2.45, 2.75) is 32.7 Å². The van der Waals surface area contributed by atoms with E-state index in [1.54, 1.807) is 24.3 Å². The summed E-state index contributed by atoms with van der Waals surface area (Å²) in [6.45, 7) is 4.39. The fourth-order valence-electron chi connectivity index (χ4n) is 4.80. The van der Waals surface area contributed by atoms with Gasteiger partial charge in [0.25, 0.3) is 11.8 Å². The van der Waals surface area contributed by atoms with Crippen molar-refractivity contribution in [3.05, 3.63) is 35.4 Å². The fraction of sp³-hybridized carbons (Fsp3) is 0.500. The number of rotatable bonds is 2. The van der Waals surface area contributed by atoms with Crippen LogP contribution in [0, 0.1) is 23.2 Å². The molecule has 22 heavy (non-hydrogen) atoms. The normalized spacial score (nSPS) is 35.1. The van der Waals surface area contributed by atoms with Crippen LogP contribution in [0.15, 0.2) is 24.3 Å². The first kappa shape index (κ1) is 13.7. The molecule has 3 aliphatic carbocycles. The van der Waals surface area contributed by atoms with Crippen LogP contribution in [0.3, 0.4) is 0 Å². The maximum atomic E-state index is 12.6. The number of imide groups is 1. The number of benzene rings is 1.